The summed E-state index contributed by atoms with van der Waals surface area (Å²) in [5.74, 6) is 0.731. The molecule has 0 unspecified atom stereocenters. The molecule has 0 saturated carbocycles. The Hall–Kier alpha value is -1.73. The van der Waals surface area contributed by atoms with Gasteiger partial charge in [-0.15, -0.1) is 11.3 Å². The highest BCUT2D eigenvalue weighted by Crippen LogP contribution is 2.28. The molecule has 6 nitrogen and oxygen atoms in total. The van der Waals surface area contributed by atoms with Crippen LogP contribution in [0.5, 0.6) is 0 Å². The van der Waals surface area contributed by atoms with Gasteiger partial charge in [-0.25, -0.2) is 9.97 Å². The average Bonchev–Trinajstić information content (AvgIpc) is 2.87. The minimum Gasteiger partial charge on any atom is -0.369 e. The Kier molecular flexibility index (Phi) is 3.31. The molecule has 0 bridgehead atoms. The van der Waals surface area contributed by atoms with Crippen molar-refractivity contribution in [3.8, 4) is 0 Å². The molecule has 1 aliphatic rings. The molecular formula is C12H15N5OS. The number of nitrogens with zero attached hydrogens (tertiary/aromatic N) is 4. The van der Waals surface area contributed by atoms with Crippen molar-refractivity contribution >= 4 is 33.3 Å². The number of hydrogen-bond acceptors (Lipinski definition) is 6. The third-order valence-corrected chi connectivity index (χ3v) is 4.18. The summed E-state index contributed by atoms with van der Waals surface area (Å²) in [6.07, 6.45) is 1.61. The lowest BCUT2D eigenvalue weighted by atomic mass is 10.3. The number of carbonyl (C=O) groups excluding carboxylic acids is 1. The minimum absolute atomic E-state index is 0.267. The maximum Gasteiger partial charge on any atom is 0.231 e. The van der Waals surface area contributed by atoms with Gasteiger partial charge in [0.1, 0.15) is 12.1 Å². The first-order valence-corrected chi connectivity index (χ1v) is 7.06. The molecule has 19 heavy (non-hydrogen) atoms. The Morgan fingerprint density at radius 1 is 1.32 bits per heavy atom. The van der Waals surface area contributed by atoms with Gasteiger partial charge in [0.15, 0.2) is 0 Å². The number of primary amides is 1. The molecule has 100 valence electrons. The topological polar surface area (TPSA) is 75.4 Å². The lowest BCUT2D eigenvalue weighted by Crippen LogP contribution is -2.49. The van der Waals surface area contributed by atoms with E-state index in [1.807, 2.05) is 11.4 Å². The Bertz CT molecular complexity index is 591. The van der Waals surface area contributed by atoms with Gasteiger partial charge in [-0.3, -0.25) is 9.69 Å². The number of hydrogen-bond donors (Lipinski definition) is 1. The lowest BCUT2D eigenvalue weighted by molar-refractivity contribution is -0.119. The second-order valence-electron chi connectivity index (χ2n) is 4.56. The zero-order chi connectivity index (χ0) is 13.2. The monoisotopic (exact) mass is 277 g/mol. The van der Waals surface area contributed by atoms with Crippen molar-refractivity contribution in [3.63, 3.8) is 0 Å². The van der Waals surface area contributed by atoms with Crippen molar-refractivity contribution in [2.45, 2.75) is 0 Å². The molecule has 1 fully saturated rings. The van der Waals surface area contributed by atoms with Crippen LogP contribution in [0.3, 0.4) is 0 Å². The number of aromatic nitrogens is 2. The molecular weight excluding hydrogens is 262 g/mol. The summed E-state index contributed by atoms with van der Waals surface area (Å²) in [5, 5.41) is 2.03. The van der Waals surface area contributed by atoms with Gasteiger partial charge in [-0.1, -0.05) is 0 Å². The summed E-state index contributed by atoms with van der Waals surface area (Å²) < 4.78 is 1.13. The van der Waals surface area contributed by atoms with Crippen LogP contribution < -0.4 is 10.6 Å². The predicted molar refractivity (Wildman–Crippen MR) is 75.3 cm³/mol. The second-order valence-corrected chi connectivity index (χ2v) is 5.48. The van der Waals surface area contributed by atoms with Crippen molar-refractivity contribution in [2.75, 3.05) is 37.6 Å². The molecule has 0 radical (unpaired) electrons. The van der Waals surface area contributed by atoms with E-state index in [9.17, 15) is 4.79 Å². The van der Waals surface area contributed by atoms with Crippen molar-refractivity contribution in [2.24, 2.45) is 5.73 Å². The SMILES string of the molecule is NC(=O)CN1CCN(c2ncnc3ccsc23)CC1. The standard InChI is InChI=1S/C12H15N5OS/c13-10(18)7-16-2-4-17(5-3-16)12-11-9(1-6-19-11)14-8-15-12/h1,6,8H,2-5,7H2,(H2,13,18). The fraction of sp³-hybridized carbons (Fsp3) is 0.417. The number of rotatable bonds is 3. The Morgan fingerprint density at radius 2 is 2.11 bits per heavy atom. The second kappa shape index (κ2) is 5.10. The number of nitrogens with two attached hydrogens (primary N) is 1. The molecule has 0 aromatic carbocycles. The summed E-state index contributed by atoms with van der Waals surface area (Å²) in [5.41, 5.74) is 6.21. The molecule has 0 atom stereocenters. The number of amides is 1. The van der Waals surface area contributed by atoms with Gasteiger partial charge in [0.05, 0.1) is 16.8 Å². The van der Waals surface area contributed by atoms with Crippen LogP contribution in [0.4, 0.5) is 5.82 Å². The number of thiophene rings is 1. The van der Waals surface area contributed by atoms with Crippen LogP contribution in [0.25, 0.3) is 10.2 Å². The normalized spacial score (nSPS) is 16.9. The number of piperazine rings is 1. The molecule has 0 spiro atoms. The average molecular weight is 277 g/mol. The highest BCUT2D eigenvalue weighted by atomic mass is 32.1. The van der Waals surface area contributed by atoms with E-state index < -0.39 is 0 Å². The smallest absolute Gasteiger partial charge is 0.231 e. The van der Waals surface area contributed by atoms with Gasteiger partial charge in [-0.05, 0) is 11.4 Å². The van der Waals surface area contributed by atoms with Gasteiger partial charge < -0.3 is 10.6 Å². The van der Waals surface area contributed by atoms with Crippen molar-refractivity contribution in [3.05, 3.63) is 17.8 Å². The quantitative estimate of drug-likeness (QED) is 0.873. The maximum atomic E-state index is 10.9. The van der Waals surface area contributed by atoms with Crippen LogP contribution in [0, 0.1) is 0 Å². The third-order valence-electron chi connectivity index (χ3n) is 3.28. The first-order chi connectivity index (χ1) is 9.24. The summed E-state index contributed by atoms with van der Waals surface area (Å²) in [6.45, 7) is 3.72. The van der Waals surface area contributed by atoms with Crippen molar-refractivity contribution < 1.29 is 4.79 Å². The summed E-state index contributed by atoms with van der Waals surface area (Å²) in [4.78, 5) is 23.9. The molecule has 0 aliphatic carbocycles. The summed E-state index contributed by atoms with van der Waals surface area (Å²) in [7, 11) is 0. The van der Waals surface area contributed by atoms with Crippen molar-refractivity contribution in [1.82, 2.24) is 14.9 Å². The first-order valence-electron chi connectivity index (χ1n) is 6.18. The summed E-state index contributed by atoms with van der Waals surface area (Å²) >= 11 is 1.66. The number of carbonyl (C=O) groups is 1. The van der Waals surface area contributed by atoms with Crippen LogP contribution in [0.2, 0.25) is 0 Å². The van der Waals surface area contributed by atoms with E-state index >= 15 is 0 Å². The van der Waals surface area contributed by atoms with Gasteiger partial charge in [-0.2, -0.15) is 0 Å². The van der Waals surface area contributed by atoms with Gasteiger partial charge in [0.2, 0.25) is 5.91 Å². The number of fused-ring (bicyclic) bond motifs is 1. The molecule has 2 aromatic heterocycles. The van der Waals surface area contributed by atoms with E-state index in [4.69, 9.17) is 5.73 Å². The predicted octanol–water partition coefficient (Wildman–Crippen LogP) is 0.299. The fourth-order valence-corrected chi connectivity index (χ4v) is 3.20. The van der Waals surface area contributed by atoms with E-state index in [2.05, 4.69) is 19.8 Å². The van der Waals surface area contributed by atoms with E-state index in [0.29, 0.717) is 6.54 Å². The van der Waals surface area contributed by atoms with E-state index in [-0.39, 0.29) is 5.91 Å². The number of anilines is 1. The molecule has 3 heterocycles. The van der Waals surface area contributed by atoms with Crippen LogP contribution in [0.1, 0.15) is 0 Å². The molecule has 1 saturated heterocycles. The van der Waals surface area contributed by atoms with Crippen LogP contribution >= 0.6 is 11.3 Å². The first kappa shape index (κ1) is 12.3. The molecule has 2 N–H and O–H groups in total. The fourth-order valence-electron chi connectivity index (χ4n) is 2.34. The Labute approximate surface area is 114 Å². The summed E-state index contributed by atoms with van der Waals surface area (Å²) in [6, 6.07) is 2.01. The van der Waals surface area contributed by atoms with Crippen molar-refractivity contribution in [1.29, 1.82) is 0 Å². The zero-order valence-electron chi connectivity index (χ0n) is 10.5. The maximum absolute atomic E-state index is 10.9. The molecule has 1 aliphatic heterocycles. The Morgan fingerprint density at radius 3 is 2.84 bits per heavy atom. The van der Waals surface area contributed by atoms with Crippen LogP contribution in [-0.2, 0) is 4.79 Å². The minimum atomic E-state index is -0.267. The Balaban J connectivity index is 1.75. The van der Waals surface area contributed by atoms with Gasteiger partial charge >= 0.3 is 0 Å². The molecule has 2 aromatic rings. The van der Waals surface area contributed by atoms with Gasteiger partial charge in [0, 0.05) is 26.2 Å². The largest absolute Gasteiger partial charge is 0.369 e. The van der Waals surface area contributed by atoms with Gasteiger partial charge in [0.25, 0.3) is 0 Å². The molecule has 7 heteroatoms. The highest BCUT2D eigenvalue weighted by molar-refractivity contribution is 7.17. The molecule has 3 rings (SSSR count). The van der Waals surface area contributed by atoms with Crippen LogP contribution in [-0.4, -0.2) is 53.5 Å². The lowest BCUT2D eigenvalue weighted by Gasteiger charge is -2.34. The third kappa shape index (κ3) is 2.52. The van der Waals surface area contributed by atoms with Crippen LogP contribution in [0.15, 0.2) is 17.8 Å². The zero-order valence-corrected chi connectivity index (χ0v) is 11.3. The van der Waals surface area contributed by atoms with E-state index in [0.717, 1.165) is 42.2 Å². The highest BCUT2D eigenvalue weighted by Gasteiger charge is 2.20. The van der Waals surface area contributed by atoms with E-state index in [1.54, 1.807) is 17.7 Å². The molecule has 1 amide bonds. The van der Waals surface area contributed by atoms with E-state index in [1.165, 1.54) is 0 Å².